The molecule has 7 nitrogen and oxygen atoms in total. The molecule has 2 aliphatic heterocycles. The number of halogens is 1. The van der Waals surface area contributed by atoms with Gasteiger partial charge in [-0.2, -0.15) is 15.6 Å². The Morgan fingerprint density at radius 3 is 2.62 bits per heavy atom. The molecule has 2 atom stereocenters. The number of furan rings is 1. The number of rotatable bonds is 4. The lowest BCUT2D eigenvalue weighted by atomic mass is 9.96. The van der Waals surface area contributed by atoms with Gasteiger partial charge in [-0.15, -0.1) is 0 Å². The van der Waals surface area contributed by atoms with Gasteiger partial charge in [-0.1, -0.05) is 18.2 Å². The molecule has 0 aliphatic carbocycles. The Kier molecular flexibility index (Phi) is 5.39. The molecule has 2 aromatic rings. The zero-order valence-corrected chi connectivity index (χ0v) is 17.2. The molecular formula is C21H19BrN6O. The number of allylic oxidation sites excluding steroid dienone is 1. The monoisotopic (exact) mass is 450 g/mol. The van der Waals surface area contributed by atoms with Crippen LogP contribution in [0.25, 0.3) is 6.08 Å². The molecule has 0 radical (unpaired) electrons. The molecule has 1 fully saturated rings. The van der Waals surface area contributed by atoms with Crippen molar-refractivity contribution in [2.24, 2.45) is 16.8 Å². The van der Waals surface area contributed by atoms with Gasteiger partial charge >= 0.3 is 0 Å². The number of para-hydroxylation sites is 1. The molecule has 29 heavy (non-hydrogen) atoms. The van der Waals surface area contributed by atoms with Gasteiger partial charge in [0.2, 0.25) is 5.88 Å². The third-order valence-corrected chi connectivity index (χ3v) is 5.63. The Morgan fingerprint density at radius 2 is 1.97 bits per heavy atom. The Bertz CT molecular complexity index is 1040. The molecule has 8 heteroatoms. The maximum absolute atomic E-state index is 9.76. The standard InChI is InChI=1S/C21H19BrN6O/c22-18-11-16(29-21(18)27-8-4-5-9-27)10-14(12-23)19-17(13-24)20(25)28(26-19)15-6-2-1-3-7-15/h1-3,6-7,10-11,17,20H,4-5,8-9,25H2/b14-10-/t17-,20-/m1/s1. The molecule has 0 unspecified atom stereocenters. The first kappa shape index (κ1) is 19.3. The third-order valence-electron chi connectivity index (χ3n) is 5.06. The Labute approximate surface area is 177 Å². The number of hydrogen-bond acceptors (Lipinski definition) is 7. The van der Waals surface area contributed by atoms with E-state index in [0.29, 0.717) is 11.5 Å². The number of hydrogen-bond donors (Lipinski definition) is 1. The van der Waals surface area contributed by atoms with Crippen LogP contribution >= 0.6 is 15.9 Å². The van der Waals surface area contributed by atoms with Gasteiger partial charge < -0.3 is 15.1 Å². The molecule has 1 aromatic carbocycles. The van der Waals surface area contributed by atoms with E-state index >= 15 is 0 Å². The molecule has 146 valence electrons. The summed E-state index contributed by atoms with van der Waals surface area (Å²) in [6.07, 6.45) is 3.22. The second-order valence-corrected chi connectivity index (χ2v) is 7.78. The Balaban J connectivity index is 1.68. The lowest BCUT2D eigenvalue weighted by Gasteiger charge is -2.21. The lowest BCUT2D eigenvalue weighted by molar-refractivity contribution is 0.546. The summed E-state index contributed by atoms with van der Waals surface area (Å²) in [4.78, 5) is 2.17. The number of nitriles is 2. The highest BCUT2D eigenvalue weighted by Crippen LogP contribution is 2.34. The van der Waals surface area contributed by atoms with Gasteiger partial charge in [-0.3, -0.25) is 0 Å². The van der Waals surface area contributed by atoms with Gasteiger partial charge in [0.25, 0.3) is 0 Å². The van der Waals surface area contributed by atoms with Crippen molar-refractivity contribution in [3.63, 3.8) is 0 Å². The van der Waals surface area contributed by atoms with E-state index in [1.807, 2.05) is 36.4 Å². The highest BCUT2D eigenvalue weighted by atomic mass is 79.9. The lowest BCUT2D eigenvalue weighted by Crippen LogP contribution is -2.40. The second kappa shape index (κ2) is 8.12. The summed E-state index contributed by atoms with van der Waals surface area (Å²) in [7, 11) is 0. The fourth-order valence-electron chi connectivity index (χ4n) is 3.61. The van der Waals surface area contributed by atoms with E-state index in [0.717, 1.165) is 42.0 Å². The van der Waals surface area contributed by atoms with E-state index in [1.165, 1.54) is 0 Å². The predicted octanol–water partition coefficient (Wildman–Crippen LogP) is 3.85. The van der Waals surface area contributed by atoms with Gasteiger partial charge in [-0.25, -0.2) is 5.01 Å². The molecule has 2 aliphatic rings. The topological polar surface area (TPSA) is 106 Å². The van der Waals surface area contributed by atoms with Gasteiger partial charge in [-0.05, 0) is 40.9 Å². The van der Waals surface area contributed by atoms with Crippen molar-refractivity contribution in [3.05, 3.63) is 52.2 Å². The van der Waals surface area contributed by atoms with Crippen LogP contribution < -0.4 is 15.6 Å². The normalized spacial score (nSPS) is 21.8. The highest BCUT2D eigenvalue weighted by molar-refractivity contribution is 9.10. The fraction of sp³-hybridized carbons (Fsp3) is 0.286. The number of benzene rings is 1. The smallest absolute Gasteiger partial charge is 0.210 e. The van der Waals surface area contributed by atoms with Crippen molar-refractivity contribution in [1.29, 1.82) is 10.5 Å². The fourth-order valence-corrected chi connectivity index (χ4v) is 4.16. The second-order valence-electron chi connectivity index (χ2n) is 6.93. The van der Waals surface area contributed by atoms with Crippen LogP contribution in [-0.4, -0.2) is 25.0 Å². The molecule has 0 spiro atoms. The van der Waals surface area contributed by atoms with Gasteiger partial charge in [0.15, 0.2) is 0 Å². The first-order valence-corrected chi connectivity index (χ1v) is 10.2. The van der Waals surface area contributed by atoms with E-state index in [9.17, 15) is 10.5 Å². The minimum Gasteiger partial charge on any atom is -0.440 e. The average Bonchev–Trinajstić information content (AvgIpc) is 3.46. The Hall–Kier alpha value is -3.07. The summed E-state index contributed by atoms with van der Waals surface area (Å²) in [5.74, 6) is 0.567. The summed E-state index contributed by atoms with van der Waals surface area (Å²) in [6, 6.07) is 15.5. The number of anilines is 2. The minimum absolute atomic E-state index is 0.264. The van der Waals surface area contributed by atoms with Crippen LogP contribution in [0.4, 0.5) is 11.6 Å². The number of hydrazone groups is 1. The summed E-state index contributed by atoms with van der Waals surface area (Å²) in [5.41, 5.74) is 7.65. The van der Waals surface area contributed by atoms with Gasteiger partial charge in [0.1, 0.15) is 23.9 Å². The van der Waals surface area contributed by atoms with E-state index in [-0.39, 0.29) is 5.57 Å². The van der Waals surface area contributed by atoms with Gasteiger partial charge in [0.05, 0.1) is 27.5 Å². The summed E-state index contributed by atoms with van der Waals surface area (Å²) in [6.45, 7) is 1.90. The first-order valence-electron chi connectivity index (χ1n) is 9.37. The van der Waals surface area contributed by atoms with Crippen molar-refractivity contribution in [1.82, 2.24) is 0 Å². The van der Waals surface area contributed by atoms with Crippen LogP contribution in [0.15, 0.2) is 56.0 Å². The quantitative estimate of drug-likeness (QED) is 0.708. The van der Waals surface area contributed by atoms with E-state index in [4.69, 9.17) is 10.2 Å². The predicted molar refractivity (Wildman–Crippen MR) is 115 cm³/mol. The van der Waals surface area contributed by atoms with Crippen LogP contribution in [0.5, 0.6) is 0 Å². The van der Waals surface area contributed by atoms with Crippen LogP contribution in [0.3, 0.4) is 0 Å². The summed E-state index contributed by atoms with van der Waals surface area (Å²) < 4.78 is 6.81. The molecule has 0 saturated carbocycles. The summed E-state index contributed by atoms with van der Waals surface area (Å²) in [5, 5.41) is 25.5. The van der Waals surface area contributed by atoms with E-state index in [2.05, 4.69) is 38.1 Å². The van der Waals surface area contributed by atoms with Crippen LogP contribution in [0.2, 0.25) is 0 Å². The van der Waals surface area contributed by atoms with Crippen LogP contribution in [0, 0.1) is 28.6 Å². The zero-order chi connectivity index (χ0) is 20.4. The molecule has 1 aromatic heterocycles. The van der Waals surface area contributed by atoms with Gasteiger partial charge in [0, 0.05) is 25.2 Å². The Morgan fingerprint density at radius 1 is 1.24 bits per heavy atom. The molecular weight excluding hydrogens is 432 g/mol. The van der Waals surface area contributed by atoms with Crippen molar-refractivity contribution in [2.75, 3.05) is 23.0 Å². The minimum atomic E-state index is -0.724. The van der Waals surface area contributed by atoms with Crippen LogP contribution in [-0.2, 0) is 0 Å². The van der Waals surface area contributed by atoms with Crippen molar-refractivity contribution in [3.8, 4) is 12.1 Å². The summed E-state index contributed by atoms with van der Waals surface area (Å²) >= 11 is 3.54. The third kappa shape index (κ3) is 3.65. The zero-order valence-electron chi connectivity index (χ0n) is 15.6. The maximum Gasteiger partial charge on any atom is 0.210 e. The largest absolute Gasteiger partial charge is 0.440 e. The highest BCUT2D eigenvalue weighted by Gasteiger charge is 2.37. The van der Waals surface area contributed by atoms with Crippen molar-refractivity contribution in [2.45, 2.75) is 19.0 Å². The first-order chi connectivity index (χ1) is 14.1. The van der Waals surface area contributed by atoms with E-state index in [1.54, 1.807) is 11.1 Å². The molecule has 0 amide bonds. The number of nitrogens with two attached hydrogens (primary N) is 1. The average molecular weight is 451 g/mol. The molecule has 3 heterocycles. The van der Waals surface area contributed by atoms with Crippen molar-refractivity contribution < 1.29 is 4.42 Å². The van der Waals surface area contributed by atoms with Crippen molar-refractivity contribution >= 4 is 39.3 Å². The molecule has 2 N–H and O–H groups in total. The number of nitrogens with zero attached hydrogens (tertiary/aromatic N) is 5. The van der Waals surface area contributed by atoms with Crippen LogP contribution in [0.1, 0.15) is 18.6 Å². The maximum atomic E-state index is 9.76. The van der Waals surface area contributed by atoms with E-state index < -0.39 is 12.1 Å². The SMILES string of the molecule is N#C/C(=C/c1cc(Br)c(N2CCCC2)o1)C1=NN(c2ccccc2)[C@@H](N)[C@@H]1C#N. The molecule has 0 bridgehead atoms. The molecule has 1 saturated heterocycles. The molecule has 4 rings (SSSR count).